The van der Waals surface area contributed by atoms with Gasteiger partial charge in [0.15, 0.2) is 0 Å². The van der Waals surface area contributed by atoms with Gasteiger partial charge in [0, 0.05) is 31.6 Å². The van der Waals surface area contributed by atoms with Gasteiger partial charge >= 0.3 is 0 Å². The molecule has 1 saturated heterocycles. The van der Waals surface area contributed by atoms with E-state index in [1.807, 2.05) is 18.7 Å². The SMILES string of the molecule is CCCCC(=O)N1CCC(NC(=O)CNC(C)C)CC1. The molecule has 0 bridgehead atoms. The van der Waals surface area contributed by atoms with Gasteiger partial charge in [0.05, 0.1) is 6.54 Å². The Bertz CT molecular complexity index is 310. The van der Waals surface area contributed by atoms with Crippen molar-refractivity contribution in [2.24, 2.45) is 0 Å². The molecule has 116 valence electrons. The van der Waals surface area contributed by atoms with E-state index in [4.69, 9.17) is 0 Å². The Morgan fingerprint density at radius 3 is 2.45 bits per heavy atom. The van der Waals surface area contributed by atoms with Gasteiger partial charge in [-0.1, -0.05) is 27.2 Å². The van der Waals surface area contributed by atoms with E-state index in [1.54, 1.807) is 0 Å². The first-order valence-corrected chi connectivity index (χ1v) is 7.83. The molecular formula is C15H29N3O2. The van der Waals surface area contributed by atoms with Gasteiger partial charge in [-0.3, -0.25) is 9.59 Å². The van der Waals surface area contributed by atoms with Crippen LogP contribution in [0.25, 0.3) is 0 Å². The summed E-state index contributed by atoms with van der Waals surface area (Å²) in [7, 11) is 0. The summed E-state index contributed by atoms with van der Waals surface area (Å²) in [6.45, 7) is 8.05. The van der Waals surface area contributed by atoms with Crippen LogP contribution in [0.3, 0.4) is 0 Å². The number of likely N-dealkylation sites (tertiary alicyclic amines) is 1. The number of nitrogens with zero attached hydrogens (tertiary/aromatic N) is 1. The summed E-state index contributed by atoms with van der Waals surface area (Å²) in [5.41, 5.74) is 0. The minimum absolute atomic E-state index is 0.0504. The normalized spacial score (nSPS) is 16.5. The highest BCUT2D eigenvalue weighted by Gasteiger charge is 2.23. The number of unbranched alkanes of at least 4 members (excludes halogenated alkanes) is 1. The second-order valence-corrected chi connectivity index (χ2v) is 5.86. The highest BCUT2D eigenvalue weighted by Crippen LogP contribution is 2.12. The van der Waals surface area contributed by atoms with Crippen LogP contribution in [0.15, 0.2) is 0 Å². The third-order valence-corrected chi connectivity index (χ3v) is 3.63. The molecule has 0 aromatic carbocycles. The standard InChI is InChI=1S/C15H29N3O2/c1-4-5-6-15(20)18-9-7-13(8-10-18)17-14(19)11-16-12(2)3/h12-13,16H,4-11H2,1-3H3,(H,17,19). The first-order valence-electron chi connectivity index (χ1n) is 7.83. The van der Waals surface area contributed by atoms with Gasteiger partial charge in [0.2, 0.25) is 11.8 Å². The van der Waals surface area contributed by atoms with Crippen molar-refractivity contribution in [1.82, 2.24) is 15.5 Å². The van der Waals surface area contributed by atoms with Crippen LogP contribution >= 0.6 is 0 Å². The molecule has 1 rings (SSSR count). The van der Waals surface area contributed by atoms with E-state index in [2.05, 4.69) is 17.6 Å². The van der Waals surface area contributed by atoms with E-state index < -0.39 is 0 Å². The maximum absolute atomic E-state index is 11.9. The van der Waals surface area contributed by atoms with Gasteiger partial charge in [-0.05, 0) is 19.3 Å². The van der Waals surface area contributed by atoms with E-state index in [0.29, 0.717) is 19.0 Å². The molecule has 0 spiro atoms. The molecule has 0 aromatic heterocycles. The van der Waals surface area contributed by atoms with Crippen molar-refractivity contribution in [3.63, 3.8) is 0 Å². The Morgan fingerprint density at radius 2 is 1.90 bits per heavy atom. The summed E-state index contributed by atoms with van der Waals surface area (Å²) in [4.78, 5) is 25.5. The van der Waals surface area contributed by atoms with Gasteiger partial charge in [-0.25, -0.2) is 0 Å². The van der Waals surface area contributed by atoms with E-state index in [1.165, 1.54) is 0 Å². The lowest BCUT2D eigenvalue weighted by Gasteiger charge is -2.32. The molecule has 0 atom stereocenters. The average molecular weight is 283 g/mol. The van der Waals surface area contributed by atoms with Crippen molar-refractivity contribution >= 4 is 11.8 Å². The third kappa shape index (κ3) is 6.37. The Balaban J connectivity index is 2.21. The Hall–Kier alpha value is -1.10. The van der Waals surface area contributed by atoms with Crippen molar-refractivity contribution in [3.8, 4) is 0 Å². The second kappa shape index (κ2) is 8.95. The number of amides is 2. The van der Waals surface area contributed by atoms with Crippen LogP contribution < -0.4 is 10.6 Å². The fraction of sp³-hybridized carbons (Fsp3) is 0.867. The summed E-state index contributed by atoms with van der Waals surface area (Å²) in [6.07, 6.45) is 4.42. The minimum Gasteiger partial charge on any atom is -0.352 e. The number of carbonyl (C=O) groups is 2. The molecule has 5 heteroatoms. The molecule has 0 saturated carbocycles. The smallest absolute Gasteiger partial charge is 0.234 e. The number of hydrogen-bond donors (Lipinski definition) is 2. The van der Waals surface area contributed by atoms with Gasteiger partial charge in [-0.2, -0.15) is 0 Å². The van der Waals surface area contributed by atoms with Crippen LogP contribution in [0.2, 0.25) is 0 Å². The molecule has 1 fully saturated rings. The summed E-state index contributed by atoms with van der Waals surface area (Å²) >= 11 is 0. The van der Waals surface area contributed by atoms with Crippen LogP contribution in [0.4, 0.5) is 0 Å². The zero-order chi connectivity index (χ0) is 15.0. The number of piperidine rings is 1. The minimum atomic E-state index is 0.0504. The zero-order valence-corrected chi connectivity index (χ0v) is 13.1. The number of nitrogens with one attached hydrogen (secondary N) is 2. The molecule has 0 radical (unpaired) electrons. The monoisotopic (exact) mass is 283 g/mol. The van der Waals surface area contributed by atoms with Crippen LogP contribution in [-0.4, -0.2) is 48.4 Å². The number of rotatable bonds is 7. The molecule has 2 N–H and O–H groups in total. The van der Waals surface area contributed by atoms with Crippen LogP contribution in [0, 0.1) is 0 Å². The summed E-state index contributed by atoms with van der Waals surface area (Å²) in [6, 6.07) is 0.533. The predicted molar refractivity (Wildman–Crippen MR) is 80.4 cm³/mol. The van der Waals surface area contributed by atoms with E-state index >= 15 is 0 Å². The molecular weight excluding hydrogens is 254 g/mol. The molecule has 1 aliphatic rings. The average Bonchev–Trinajstić information content (AvgIpc) is 2.43. The van der Waals surface area contributed by atoms with Crippen molar-refractivity contribution < 1.29 is 9.59 Å². The highest BCUT2D eigenvalue weighted by molar-refractivity contribution is 5.78. The Morgan fingerprint density at radius 1 is 1.25 bits per heavy atom. The molecule has 0 unspecified atom stereocenters. The fourth-order valence-electron chi connectivity index (χ4n) is 2.33. The number of carbonyl (C=O) groups excluding carboxylic acids is 2. The topological polar surface area (TPSA) is 61.4 Å². The molecule has 0 aromatic rings. The molecule has 1 aliphatic heterocycles. The van der Waals surface area contributed by atoms with E-state index in [9.17, 15) is 9.59 Å². The lowest BCUT2D eigenvalue weighted by atomic mass is 10.0. The quantitative estimate of drug-likeness (QED) is 0.740. The highest BCUT2D eigenvalue weighted by atomic mass is 16.2. The largest absolute Gasteiger partial charge is 0.352 e. The summed E-state index contributed by atoms with van der Waals surface area (Å²) in [5.74, 6) is 0.313. The first-order chi connectivity index (χ1) is 9.52. The third-order valence-electron chi connectivity index (χ3n) is 3.63. The van der Waals surface area contributed by atoms with Gasteiger partial charge in [-0.15, -0.1) is 0 Å². The zero-order valence-electron chi connectivity index (χ0n) is 13.1. The van der Waals surface area contributed by atoms with Crippen LogP contribution in [-0.2, 0) is 9.59 Å². The second-order valence-electron chi connectivity index (χ2n) is 5.86. The number of hydrogen-bond acceptors (Lipinski definition) is 3. The Kier molecular flexibility index (Phi) is 7.59. The van der Waals surface area contributed by atoms with E-state index in [-0.39, 0.29) is 17.9 Å². The van der Waals surface area contributed by atoms with Crippen LogP contribution in [0.1, 0.15) is 52.9 Å². The lowest BCUT2D eigenvalue weighted by molar-refractivity contribution is -0.132. The van der Waals surface area contributed by atoms with Gasteiger partial charge in [0.1, 0.15) is 0 Å². The summed E-state index contributed by atoms with van der Waals surface area (Å²) < 4.78 is 0. The van der Waals surface area contributed by atoms with Gasteiger partial charge in [0.25, 0.3) is 0 Å². The first kappa shape index (κ1) is 17.0. The fourth-order valence-corrected chi connectivity index (χ4v) is 2.33. The van der Waals surface area contributed by atoms with Crippen molar-refractivity contribution in [3.05, 3.63) is 0 Å². The molecule has 2 amide bonds. The lowest BCUT2D eigenvalue weighted by Crippen LogP contribution is -2.48. The van der Waals surface area contributed by atoms with Gasteiger partial charge < -0.3 is 15.5 Å². The molecule has 5 nitrogen and oxygen atoms in total. The van der Waals surface area contributed by atoms with Crippen molar-refractivity contribution in [1.29, 1.82) is 0 Å². The van der Waals surface area contributed by atoms with E-state index in [0.717, 1.165) is 38.8 Å². The Labute approximate surface area is 122 Å². The van der Waals surface area contributed by atoms with Crippen molar-refractivity contribution in [2.45, 2.75) is 65.0 Å². The predicted octanol–water partition coefficient (Wildman–Crippen LogP) is 1.28. The summed E-state index contributed by atoms with van der Waals surface area (Å²) in [5, 5.41) is 6.15. The van der Waals surface area contributed by atoms with Crippen molar-refractivity contribution in [2.75, 3.05) is 19.6 Å². The molecule has 20 heavy (non-hydrogen) atoms. The maximum Gasteiger partial charge on any atom is 0.234 e. The molecule has 1 heterocycles. The molecule has 0 aliphatic carbocycles. The van der Waals surface area contributed by atoms with Crippen LogP contribution in [0.5, 0.6) is 0 Å². The maximum atomic E-state index is 11.9.